The van der Waals surface area contributed by atoms with Crippen LogP contribution in [0.4, 0.5) is 5.69 Å². The maximum absolute atomic E-state index is 12.5. The lowest BCUT2D eigenvalue weighted by molar-refractivity contribution is -0.384. The van der Waals surface area contributed by atoms with Crippen molar-refractivity contribution >= 4 is 11.6 Å². The molecule has 6 nitrogen and oxygen atoms in total. The number of hydrogen-bond donors (Lipinski definition) is 0. The fourth-order valence-corrected chi connectivity index (χ4v) is 1.84. The maximum atomic E-state index is 12.5. The molecule has 1 aromatic heterocycles. The molecular weight excluding hydrogens is 270 g/mol. The SMILES string of the molecule is CC(C)N=c1ccccn1C(=O)c1ccc([N+](=O)[O-])cc1. The second-order valence-corrected chi connectivity index (χ2v) is 4.76. The van der Waals surface area contributed by atoms with E-state index in [1.807, 2.05) is 13.8 Å². The van der Waals surface area contributed by atoms with Gasteiger partial charge in [-0.3, -0.25) is 24.5 Å². The van der Waals surface area contributed by atoms with Gasteiger partial charge in [0, 0.05) is 29.9 Å². The molecule has 0 unspecified atom stereocenters. The molecule has 6 heteroatoms. The number of benzene rings is 1. The molecule has 0 fully saturated rings. The Bertz CT molecular complexity index is 730. The van der Waals surface area contributed by atoms with Crippen molar-refractivity contribution in [1.82, 2.24) is 4.57 Å². The highest BCUT2D eigenvalue weighted by molar-refractivity contribution is 5.95. The van der Waals surface area contributed by atoms with Crippen LogP contribution in [0.15, 0.2) is 53.7 Å². The fourth-order valence-electron chi connectivity index (χ4n) is 1.84. The molecule has 0 bridgehead atoms. The summed E-state index contributed by atoms with van der Waals surface area (Å²) in [6, 6.07) is 10.9. The van der Waals surface area contributed by atoms with E-state index in [4.69, 9.17) is 0 Å². The Hall–Kier alpha value is -2.76. The van der Waals surface area contributed by atoms with Gasteiger partial charge in [-0.2, -0.15) is 0 Å². The van der Waals surface area contributed by atoms with Crippen molar-refractivity contribution in [3.8, 4) is 0 Å². The molecule has 0 N–H and O–H groups in total. The van der Waals surface area contributed by atoms with Crippen LogP contribution in [0.1, 0.15) is 24.2 Å². The van der Waals surface area contributed by atoms with E-state index >= 15 is 0 Å². The highest BCUT2D eigenvalue weighted by Gasteiger charge is 2.11. The van der Waals surface area contributed by atoms with Crippen LogP contribution in [0, 0.1) is 10.1 Å². The number of hydrogen-bond acceptors (Lipinski definition) is 4. The Morgan fingerprint density at radius 2 is 1.86 bits per heavy atom. The third kappa shape index (κ3) is 3.42. The number of carbonyl (C=O) groups is 1. The fraction of sp³-hybridized carbons (Fsp3) is 0.200. The van der Waals surface area contributed by atoms with Gasteiger partial charge in [-0.1, -0.05) is 6.07 Å². The Morgan fingerprint density at radius 1 is 1.19 bits per heavy atom. The summed E-state index contributed by atoms with van der Waals surface area (Å²) in [6.07, 6.45) is 1.63. The van der Waals surface area contributed by atoms with E-state index in [1.54, 1.807) is 24.4 Å². The smallest absolute Gasteiger partial charge is 0.268 e. The average Bonchev–Trinajstić information content (AvgIpc) is 2.46. The predicted molar refractivity (Wildman–Crippen MR) is 78.0 cm³/mol. The van der Waals surface area contributed by atoms with Crippen molar-refractivity contribution in [3.05, 3.63) is 69.8 Å². The molecule has 1 heterocycles. The number of nitro benzene ring substituents is 1. The van der Waals surface area contributed by atoms with Gasteiger partial charge in [-0.15, -0.1) is 0 Å². The third-order valence-electron chi connectivity index (χ3n) is 2.77. The summed E-state index contributed by atoms with van der Waals surface area (Å²) in [5.41, 5.74) is 0.879. The molecule has 0 amide bonds. The van der Waals surface area contributed by atoms with Crippen molar-refractivity contribution < 1.29 is 9.72 Å². The minimum Gasteiger partial charge on any atom is -0.268 e. The summed E-state index contributed by atoms with van der Waals surface area (Å²) in [6.45, 7) is 3.85. The highest BCUT2D eigenvalue weighted by Crippen LogP contribution is 2.12. The monoisotopic (exact) mass is 285 g/mol. The van der Waals surface area contributed by atoms with Gasteiger partial charge < -0.3 is 0 Å². The first kappa shape index (κ1) is 14.6. The van der Waals surface area contributed by atoms with Gasteiger partial charge in [-0.05, 0) is 38.1 Å². The van der Waals surface area contributed by atoms with Crippen LogP contribution in [0.25, 0.3) is 0 Å². The lowest BCUT2D eigenvalue weighted by Crippen LogP contribution is -2.28. The van der Waals surface area contributed by atoms with Crippen molar-refractivity contribution in [2.75, 3.05) is 0 Å². The quantitative estimate of drug-likeness (QED) is 0.641. The Balaban J connectivity index is 2.43. The van der Waals surface area contributed by atoms with Crippen LogP contribution < -0.4 is 5.49 Å². The molecule has 0 aliphatic carbocycles. The van der Waals surface area contributed by atoms with Crippen LogP contribution in [-0.4, -0.2) is 21.4 Å². The molecule has 0 saturated heterocycles. The first-order valence-electron chi connectivity index (χ1n) is 6.49. The van der Waals surface area contributed by atoms with E-state index in [0.29, 0.717) is 11.1 Å². The molecule has 0 atom stereocenters. The first-order chi connectivity index (χ1) is 9.99. The van der Waals surface area contributed by atoms with E-state index in [-0.39, 0.29) is 17.6 Å². The maximum Gasteiger partial charge on any atom is 0.269 e. The molecule has 0 aliphatic heterocycles. The lowest BCUT2D eigenvalue weighted by Gasteiger charge is -2.07. The summed E-state index contributed by atoms with van der Waals surface area (Å²) in [7, 11) is 0. The number of rotatable bonds is 3. The summed E-state index contributed by atoms with van der Waals surface area (Å²) < 4.78 is 1.43. The summed E-state index contributed by atoms with van der Waals surface area (Å²) in [5, 5.41) is 10.6. The molecule has 108 valence electrons. The predicted octanol–water partition coefficient (Wildman–Crippen LogP) is 2.39. The van der Waals surface area contributed by atoms with Gasteiger partial charge in [0.15, 0.2) is 0 Å². The first-order valence-corrected chi connectivity index (χ1v) is 6.49. The topological polar surface area (TPSA) is 77.5 Å². The largest absolute Gasteiger partial charge is 0.269 e. The zero-order valence-corrected chi connectivity index (χ0v) is 11.8. The second-order valence-electron chi connectivity index (χ2n) is 4.76. The van der Waals surface area contributed by atoms with Crippen molar-refractivity contribution in [2.24, 2.45) is 4.99 Å². The Morgan fingerprint density at radius 3 is 2.43 bits per heavy atom. The average molecular weight is 285 g/mol. The molecule has 21 heavy (non-hydrogen) atoms. The number of aromatic nitrogens is 1. The molecule has 2 rings (SSSR count). The zero-order chi connectivity index (χ0) is 15.4. The van der Waals surface area contributed by atoms with Crippen molar-refractivity contribution in [3.63, 3.8) is 0 Å². The minimum absolute atomic E-state index is 0.0447. The van der Waals surface area contributed by atoms with Crippen LogP contribution in [0.5, 0.6) is 0 Å². The summed E-state index contributed by atoms with van der Waals surface area (Å²) >= 11 is 0. The molecule has 1 aromatic carbocycles. The van der Waals surface area contributed by atoms with E-state index in [1.165, 1.54) is 28.8 Å². The molecule has 0 radical (unpaired) electrons. The van der Waals surface area contributed by atoms with Crippen molar-refractivity contribution in [1.29, 1.82) is 0 Å². The van der Waals surface area contributed by atoms with Crippen LogP contribution in [0.3, 0.4) is 0 Å². The third-order valence-corrected chi connectivity index (χ3v) is 2.77. The Kier molecular flexibility index (Phi) is 4.27. The van der Waals surface area contributed by atoms with E-state index in [9.17, 15) is 14.9 Å². The van der Waals surface area contributed by atoms with Crippen LogP contribution >= 0.6 is 0 Å². The van der Waals surface area contributed by atoms with Crippen molar-refractivity contribution in [2.45, 2.75) is 19.9 Å². The van der Waals surface area contributed by atoms with Gasteiger partial charge in [0.05, 0.1) is 4.92 Å². The molecule has 0 saturated carbocycles. The lowest BCUT2D eigenvalue weighted by atomic mass is 10.2. The van der Waals surface area contributed by atoms with Gasteiger partial charge in [0.25, 0.3) is 11.6 Å². The second kappa shape index (κ2) is 6.13. The van der Waals surface area contributed by atoms with Crippen LogP contribution in [-0.2, 0) is 0 Å². The summed E-state index contributed by atoms with van der Waals surface area (Å²) in [5.74, 6) is -0.273. The van der Waals surface area contributed by atoms with Crippen LogP contribution in [0.2, 0.25) is 0 Å². The molecule has 0 spiro atoms. The molecule has 0 aliphatic rings. The number of pyridine rings is 1. The van der Waals surface area contributed by atoms with Gasteiger partial charge >= 0.3 is 0 Å². The highest BCUT2D eigenvalue weighted by atomic mass is 16.6. The Labute approximate surface area is 121 Å². The normalized spacial score (nSPS) is 11.7. The number of carbonyl (C=O) groups excluding carboxylic acids is 1. The van der Waals surface area contributed by atoms with Gasteiger partial charge in [0.2, 0.25) is 0 Å². The summed E-state index contributed by atoms with van der Waals surface area (Å²) in [4.78, 5) is 27.0. The number of nitrogens with zero attached hydrogens (tertiary/aromatic N) is 3. The van der Waals surface area contributed by atoms with E-state index in [0.717, 1.165) is 0 Å². The number of nitro groups is 1. The van der Waals surface area contributed by atoms with E-state index < -0.39 is 4.92 Å². The molecule has 2 aromatic rings. The van der Waals surface area contributed by atoms with Gasteiger partial charge in [-0.25, -0.2) is 0 Å². The molecular formula is C15H15N3O3. The standard InChI is InChI=1S/C15H15N3O3/c1-11(2)16-14-5-3-4-10-17(14)15(19)12-6-8-13(9-7-12)18(20)21/h3-11H,1-2H3. The minimum atomic E-state index is -0.497. The zero-order valence-electron chi connectivity index (χ0n) is 11.8. The van der Waals surface area contributed by atoms with E-state index in [2.05, 4.69) is 4.99 Å². The van der Waals surface area contributed by atoms with Gasteiger partial charge in [0.1, 0.15) is 5.49 Å². The number of non-ortho nitro benzene ring substituents is 1.